The zero-order chi connectivity index (χ0) is 18.9. The topological polar surface area (TPSA) is 66.4 Å². The number of aryl methyl sites for hydroxylation is 2. The molecule has 1 fully saturated rings. The average molecular weight is 394 g/mol. The second-order valence-corrected chi connectivity index (χ2v) is 10.3. The highest BCUT2D eigenvalue weighted by Gasteiger charge is 2.38. The summed E-state index contributed by atoms with van der Waals surface area (Å²) in [5.74, 6) is 0. The van der Waals surface area contributed by atoms with E-state index < -0.39 is 16.1 Å². The van der Waals surface area contributed by atoms with E-state index in [9.17, 15) is 13.5 Å². The number of aliphatic hydroxyl groups excluding tert-OH is 1. The number of sulfonamides is 1. The van der Waals surface area contributed by atoms with Gasteiger partial charge in [0.15, 0.2) is 0 Å². The van der Waals surface area contributed by atoms with Gasteiger partial charge < -0.3 is 5.11 Å². The molecule has 0 radical (unpaired) electrons. The third kappa shape index (κ3) is 3.88. The van der Waals surface area contributed by atoms with Gasteiger partial charge in [0.2, 0.25) is 10.0 Å². The summed E-state index contributed by atoms with van der Waals surface area (Å²) in [5.41, 5.74) is 1.53. The Morgan fingerprint density at radius 1 is 1.19 bits per heavy atom. The van der Waals surface area contributed by atoms with Gasteiger partial charge in [-0.25, -0.2) is 13.1 Å². The molecule has 1 aromatic heterocycles. The SMILES string of the molecule is Cc1ccc(C)c(S(=O)(=O)NCC2(c3ccc([C@H](C)O)s3)CCCC2)c1. The van der Waals surface area contributed by atoms with E-state index in [0.717, 1.165) is 41.7 Å². The fraction of sp³-hybridized carbons (Fsp3) is 0.500. The van der Waals surface area contributed by atoms with Crippen molar-refractivity contribution in [1.29, 1.82) is 0 Å². The van der Waals surface area contributed by atoms with Crippen LogP contribution in [0.2, 0.25) is 0 Å². The lowest BCUT2D eigenvalue weighted by atomic mass is 9.85. The Morgan fingerprint density at radius 3 is 2.50 bits per heavy atom. The first-order valence-corrected chi connectivity index (χ1v) is 11.4. The van der Waals surface area contributed by atoms with E-state index in [1.54, 1.807) is 24.3 Å². The first-order chi connectivity index (χ1) is 12.2. The van der Waals surface area contributed by atoms with Gasteiger partial charge in [0.05, 0.1) is 11.0 Å². The largest absolute Gasteiger partial charge is 0.388 e. The molecule has 26 heavy (non-hydrogen) atoms. The number of hydrogen-bond acceptors (Lipinski definition) is 4. The first kappa shape index (κ1) is 19.5. The molecule has 2 aromatic rings. The van der Waals surface area contributed by atoms with Gasteiger partial charge in [-0.15, -0.1) is 11.3 Å². The van der Waals surface area contributed by atoms with E-state index in [4.69, 9.17) is 0 Å². The van der Waals surface area contributed by atoms with Crippen LogP contribution in [0.1, 0.15) is 59.6 Å². The molecule has 1 aliphatic rings. The van der Waals surface area contributed by atoms with Crippen LogP contribution in [0.5, 0.6) is 0 Å². The third-order valence-corrected chi connectivity index (χ3v) is 8.40. The summed E-state index contributed by atoms with van der Waals surface area (Å²) in [6, 6.07) is 9.53. The molecule has 1 aromatic carbocycles. The maximum atomic E-state index is 12.9. The second-order valence-electron chi connectivity index (χ2n) is 7.46. The molecule has 0 unspecified atom stereocenters. The van der Waals surface area contributed by atoms with Crippen molar-refractivity contribution >= 4 is 21.4 Å². The minimum absolute atomic E-state index is 0.164. The van der Waals surface area contributed by atoms with Crippen molar-refractivity contribution < 1.29 is 13.5 Å². The summed E-state index contributed by atoms with van der Waals surface area (Å²) in [5, 5.41) is 9.83. The van der Waals surface area contributed by atoms with Gasteiger partial charge in [-0.1, -0.05) is 25.0 Å². The number of rotatable bonds is 6. The lowest BCUT2D eigenvalue weighted by Gasteiger charge is -2.28. The van der Waals surface area contributed by atoms with Crippen molar-refractivity contribution in [3.63, 3.8) is 0 Å². The molecule has 0 bridgehead atoms. The standard InChI is InChI=1S/C20H27NO3S2/c1-14-6-7-15(2)18(12-14)26(23,24)21-13-20(10-4-5-11-20)19-9-8-17(25-19)16(3)22/h6-9,12,16,21-22H,4-5,10-11,13H2,1-3H3/t16-/m0/s1. The molecule has 1 atom stereocenters. The summed E-state index contributed by atoms with van der Waals surface area (Å²) >= 11 is 1.60. The Kier molecular flexibility index (Phi) is 5.58. The van der Waals surface area contributed by atoms with Crippen LogP contribution in [-0.2, 0) is 15.4 Å². The average Bonchev–Trinajstić information content (AvgIpc) is 3.25. The van der Waals surface area contributed by atoms with Gasteiger partial charge in [-0.2, -0.15) is 0 Å². The number of thiophene rings is 1. The van der Waals surface area contributed by atoms with Crippen molar-refractivity contribution in [2.24, 2.45) is 0 Å². The number of hydrogen-bond donors (Lipinski definition) is 2. The fourth-order valence-electron chi connectivity index (χ4n) is 3.73. The number of aliphatic hydroxyl groups is 1. The van der Waals surface area contributed by atoms with E-state index in [2.05, 4.69) is 10.8 Å². The Bertz CT molecular complexity index is 878. The van der Waals surface area contributed by atoms with Crippen LogP contribution in [0.3, 0.4) is 0 Å². The Hall–Kier alpha value is -1.21. The zero-order valence-corrected chi connectivity index (χ0v) is 17.2. The molecule has 4 nitrogen and oxygen atoms in total. The van der Waals surface area contributed by atoms with Crippen molar-refractivity contribution in [1.82, 2.24) is 4.72 Å². The molecule has 1 aliphatic carbocycles. The van der Waals surface area contributed by atoms with E-state index in [1.165, 1.54) is 4.88 Å². The number of benzene rings is 1. The number of nitrogens with one attached hydrogen (secondary N) is 1. The monoisotopic (exact) mass is 393 g/mol. The fourth-order valence-corrected chi connectivity index (χ4v) is 6.38. The predicted molar refractivity (Wildman–Crippen MR) is 106 cm³/mol. The highest BCUT2D eigenvalue weighted by Crippen LogP contribution is 2.44. The van der Waals surface area contributed by atoms with E-state index in [-0.39, 0.29) is 5.41 Å². The van der Waals surface area contributed by atoms with Crippen molar-refractivity contribution in [3.05, 3.63) is 51.2 Å². The Morgan fingerprint density at radius 2 is 1.88 bits per heavy atom. The summed E-state index contributed by atoms with van der Waals surface area (Å²) in [4.78, 5) is 2.47. The molecule has 0 saturated heterocycles. The van der Waals surface area contributed by atoms with Crippen LogP contribution >= 0.6 is 11.3 Å². The Balaban J connectivity index is 1.85. The molecule has 1 heterocycles. The lowest BCUT2D eigenvalue weighted by Crippen LogP contribution is -2.38. The van der Waals surface area contributed by atoms with Crippen LogP contribution in [-0.4, -0.2) is 20.1 Å². The molecule has 0 aliphatic heterocycles. The van der Waals surface area contributed by atoms with Crippen molar-refractivity contribution in [2.75, 3.05) is 6.54 Å². The van der Waals surface area contributed by atoms with Crippen molar-refractivity contribution in [3.8, 4) is 0 Å². The zero-order valence-electron chi connectivity index (χ0n) is 15.6. The van der Waals surface area contributed by atoms with E-state index >= 15 is 0 Å². The summed E-state index contributed by atoms with van der Waals surface area (Å²) in [7, 11) is -3.55. The van der Waals surface area contributed by atoms with Crippen LogP contribution in [0.25, 0.3) is 0 Å². The summed E-state index contributed by atoms with van der Waals surface area (Å²) in [6.45, 7) is 5.90. The quantitative estimate of drug-likeness (QED) is 0.773. The lowest BCUT2D eigenvalue weighted by molar-refractivity contribution is 0.203. The molecule has 6 heteroatoms. The third-order valence-electron chi connectivity index (χ3n) is 5.36. The molecule has 0 amide bonds. The highest BCUT2D eigenvalue weighted by molar-refractivity contribution is 7.89. The van der Waals surface area contributed by atoms with Gasteiger partial charge in [0.1, 0.15) is 0 Å². The molecular weight excluding hydrogens is 366 g/mol. The highest BCUT2D eigenvalue weighted by atomic mass is 32.2. The second kappa shape index (κ2) is 7.43. The van der Waals surface area contributed by atoms with Crippen LogP contribution in [0, 0.1) is 13.8 Å². The van der Waals surface area contributed by atoms with Crippen LogP contribution < -0.4 is 4.72 Å². The summed E-state index contributed by atoms with van der Waals surface area (Å²) < 4.78 is 28.7. The van der Waals surface area contributed by atoms with Gasteiger partial charge in [-0.3, -0.25) is 0 Å². The predicted octanol–water partition coefficient (Wildman–Crippen LogP) is 4.21. The minimum Gasteiger partial charge on any atom is -0.388 e. The van der Waals surface area contributed by atoms with Gasteiger partial charge >= 0.3 is 0 Å². The molecule has 142 valence electrons. The van der Waals surface area contributed by atoms with Gasteiger partial charge in [-0.05, 0) is 62.9 Å². The molecule has 1 saturated carbocycles. The van der Waals surface area contributed by atoms with E-state index in [0.29, 0.717) is 11.4 Å². The smallest absolute Gasteiger partial charge is 0.240 e. The minimum atomic E-state index is -3.55. The maximum Gasteiger partial charge on any atom is 0.240 e. The molecule has 2 N–H and O–H groups in total. The molecule has 3 rings (SSSR count). The van der Waals surface area contributed by atoms with E-state index in [1.807, 2.05) is 32.0 Å². The first-order valence-electron chi connectivity index (χ1n) is 9.09. The van der Waals surface area contributed by atoms with Crippen LogP contribution in [0.15, 0.2) is 35.2 Å². The van der Waals surface area contributed by atoms with Gasteiger partial charge in [0.25, 0.3) is 0 Å². The Labute approximate surface area is 160 Å². The van der Waals surface area contributed by atoms with Crippen molar-refractivity contribution in [2.45, 2.75) is 62.9 Å². The normalized spacial score (nSPS) is 18.2. The van der Waals surface area contributed by atoms with Crippen LogP contribution in [0.4, 0.5) is 0 Å². The molecular formula is C20H27NO3S2. The summed E-state index contributed by atoms with van der Waals surface area (Å²) in [6.07, 6.45) is 3.67. The maximum absolute atomic E-state index is 12.9. The molecule has 0 spiro atoms. The van der Waals surface area contributed by atoms with Gasteiger partial charge in [0, 0.05) is 21.7 Å².